The van der Waals surface area contributed by atoms with E-state index in [1.54, 1.807) is 6.07 Å². The molecule has 0 fully saturated rings. The summed E-state index contributed by atoms with van der Waals surface area (Å²) < 4.78 is 1.28. The summed E-state index contributed by atoms with van der Waals surface area (Å²) in [6.07, 6.45) is 0. The van der Waals surface area contributed by atoms with Crippen LogP contribution in [0.15, 0.2) is 14.3 Å². The number of hydrogen-bond acceptors (Lipinski definition) is 3. The summed E-state index contributed by atoms with van der Waals surface area (Å²) in [6, 6.07) is 1.66. The zero-order valence-corrected chi connectivity index (χ0v) is 8.49. The van der Waals surface area contributed by atoms with Crippen LogP contribution in [-0.4, -0.2) is 4.92 Å². The number of halogens is 2. The van der Waals surface area contributed by atoms with E-state index in [0.29, 0.717) is 4.47 Å². The van der Waals surface area contributed by atoms with Crippen LogP contribution < -0.4 is 0 Å². The first-order chi connectivity index (χ1) is 4.61. The molecule has 0 radical (unpaired) electrons. The summed E-state index contributed by atoms with van der Waals surface area (Å²) >= 11 is 7.28. The molecule has 10 heavy (non-hydrogen) atoms. The van der Waals surface area contributed by atoms with Crippen LogP contribution in [0.25, 0.3) is 0 Å². The van der Waals surface area contributed by atoms with Crippen LogP contribution >= 0.6 is 43.2 Å². The van der Waals surface area contributed by atoms with Gasteiger partial charge >= 0.3 is 5.00 Å². The van der Waals surface area contributed by atoms with Gasteiger partial charge in [0.15, 0.2) is 0 Å². The van der Waals surface area contributed by atoms with E-state index >= 15 is 0 Å². The molecule has 1 aromatic rings. The molecule has 1 rings (SSSR count). The predicted octanol–water partition coefficient (Wildman–Crippen LogP) is 3.18. The molecular formula is C4HBr2NO2S. The summed E-state index contributed by atoms with van der Waals surface area (Å²) in [5.41, 5.74) is 0. The fourth-order valence-corrected chi connectivity index (χ4v) is 2.81. The molecule has 6 heteroatoms. The minimum atomic E-state index is -0.417. The van der Waals surface area contributed by atoms with Gasteiger partial charge in [-0.25, -0.2) is 0 Å². The van der Waals surface area contributed by atoms with E-state index in [9.17, 15) is 10.1 Å². The molecule has 0 bridgehead atoms. The van der Waals surface area contributed by atoms with Gasteiger partial charge in [-0.2, -0.15) is 0 Å². The Kier molecular flexibility index (Phi) is 2.43. The fourth-order valence-electron chi connectivity index (χ4n) is 0.456. The quantitative estimate of drug-likeness (QED) is 0.588. The molecule has 0 amide bonds. The molecular weight excluding hydrogens is 286 g/mol. The SMILES string of the molecule is O=[N+]([O-])c1sc(Br)cc1Br. The maximum Gasteiger partial charge on any atom is 0.339 e. The summed E-state index contributed by atoms with van der Waals surface area (Å²) in [5, 5.41) is 10.3. The molecule has 1 heterocycles. The lowest BCUT2D eigenvalue weighted by Gasteiger charge is -1.81. The van der Waals surface area contributed by atoms with Gasteiger partial charge in [0.25, 0.3) is 0 Å². The minimum absolute atomic E-state index is 0.131. The van der Waals surface area contributed by atoms with Gasteiger partial charge in [0.2, 0.25) is 0 Å². The maximum atomic E-state index is 10.2. The van der Waals surface area contributed by atoms with E-state index in [2.05, 4.69) is 31.9 Å². The first-order valence-electron chi connectivity index (χ1n) is 2.20. The number of nitro groups is 1. The second-order valence-electron chi connectivity index (χ2n) is 1.46. The molecule has 0 saturated heterocycles. The Balaban J connectivity index is 3.15. The molecule has 0 saturated carbocycles. The van der Waals surface area contributed by atoms with Gasteiger partial charge in [-0.3, -0.25) is 10.1 Å². The molecule has 0 atom stereocenters. The second kappa shape index (κ2) is 2.98. The lowest BCUT2D eigenvalue weighted by atomic mass is 10.6. The Morgan fingerprint density at radius 2 is 2.20 bits per heavy atom. The van der Waals surface area contributed by atoms with Gasteiger partial charge in [0.1, 0.15) is 4.47 Å². The van der Waals surface area contributed by atoms with Crippen LogP contribution in [0.4, 0.5) is 5.00 Å². The smallest absolute Gasteiger partial charge is 0.258 e. The number of hydrogen-bond donors (Lipinski definition) is 0. The van der Waals surface area contributed by atoms with Gasteiger partial charge in [-0.1, -0.05) is 11.3 Å². The number of nitrogens with zero attached hydrogens (tertiary/aromatic N) is 1. The van der Waals surface area contributed by atoms with Crippen LogP contribution in [0.2, 0.25) is 0 Å². The van der Waals surface area contributed by atoms with Crippen molar-refractivity contribution < 1.29 is 4.92 Å². The summed E-state index contributed by atoms with van der Waals surface area (Å²) in [5.74, 6) is 0. The van der Waals surface area contributed by atoms with E-state index in [0.717, 1.165) is 15.1 Å². The topological polar surface area (TPSA) is 43.1 Å². The highest BCUT2D eigenvalue weighted by Crippen LogP contribution is 2.37. The van der Waals surface area contributed by atoms with Gasteiger partial charge in [-0.15, -0.1) is 0 Å². The molecule has 0 aliphatic carbocycles. The molecule has 54 valence electrons. The summed E-state index contributed by atoms with van der Waals surface area (Å²) in [6.45, 7) is 0. The van der Waals surface area contributed by atoms with E-state index in [1.807, 2.05) is 0 Å². The highest BCUT2D eigenvalue weighted by atomic mass is 79.9. The third-order valence-corrected chi connectivity index (χ3v) is 3.26. The van der Waals surface area contributed by atoms with Crippen molar-refractivity contribution in [3.05, 3.63) is 24.4 Å². The minimum Gasteiger partial charge on any atom is -0.258 e. The van der Waals surface area contributed by atoms with Crippen LogP contribution in [0.3, 0.4) is 0 Å². The monoisotopic (exact) mass is 285 g/mol. The zero-order valence-electron chi connectivity index (χ0n) is 4.51. The Bertz CT molecular complexity index is 272. The van der Waals surface area contributed by atoms with Gasteiger partial charge in [-0.05, 0) is 37.9 Å². The Hall–Kier alpha value is 0.0600. The standard InChI is InChI=1S/C4HBr2NO2S/c5-2-1-3(6)10-4(2)7(8)9/h1H. The van der Waals surface area contributed by atoms with E-state index in [1.165, 1.54) is 0 Å². The first kappa shape index (κ1) is 8.16. The predicted molar refractivity (Wildman–Crippen MR) is 46.4 cm³/mol. The molecule has 3 nitrogen and oxygen atoms in total. The molecule has 0 aliphatic rings. The fraction of sp³-hybridized carbons (Fsp3) is 0. The van der Waals surface area contributed by atoms with Gasteiger partial charge in [0, 0.05) is 0 Å². The van der Waals surface area contributed by atoms with Crippen molar-refractivity contribution in [2.24, 2.45) is 0 Å². The van der Waals surface area contributed by atoms with Gasteiger partial charge in [0.05, 0.1) is 8.71 Å². The van der Waals surface area contributed by atoms with Crippen LogP contribution in [0.5, 0.6) is 0 Å². The van der Waals surface area contributed by atoms with Crippen molar-refractivity contribution in [1.29, 1.82) is 0 Å². The van der Waals surface area contributed by atoms with Crippen molar-refractivity contribution in [1.82, 2.24) is 0 Å². The summed E-state index contributed by atoms with van der Waals surface area (Å²) in [7, 11) is 0. The normalized spacial score (nSPS) is 9.80. The molecule has 0 aliphatic heterocycles. The van der Waals surface area contributed by atoms with E-state index in [-0.39, 0.29) is 5.00 Å². The maximum absolute atomic E-state index is 10.2. The number of thiophene rings is 1. The molecule has 0 unspecified atom stereocenters. The highest BCUT2D eigenvalue weighted by Gasteiger charge is 2.15. The number of rotatable bonds is 1. The first-order valence-corrected chi connectivity index (χ1v) is 4.60. The van der Waals surface area contributed by atoms with Gasteiger partial charge < -0.3 is 0 Å². The third-order valence-electron chi connectivity index (χ3n) is 0.805. The van der Waals surface area contributed by atoms with Crippen molar-refractivity contribution in [2.45, 2.75) is 0 Å². The van der Waals surface area contributed by atoms with Crippen LogP contribution in [-0.2, 0) is 0 Å². The van der Waals surface area contributed by atoms with E-state index in [4.69, 9.17) is 0 Å². The summed E-state index contributed by atoms with van der Waals surface area (Å²) in [4.78, 5) is 9.78. The van der Waals surface area contributed by atoms with Crippen molar-refractivity contribution >= 4 is 48.2 Å². The molecule has 1 aromatic heterocycles. The van der Waals surface area contributed by atoms with E-state index < -0.39 is 4.92 Å². The Morgan fingerprint density at radius 3 is 2.40 bits per heavy atom. The average molecular weight is 287 g/mol. The van der Waals surface area contributed by atoms with Crippen LogP contribution in [0.1, 0.15) is 0 Å². The Labute approximate surface area is 77.5 Å². The lowest BCUT2D eigenvalue weighted by Crippen LogP contribution is -1.82. The average Bonchev–Trinajstić information content (AvgIpc) is 2.10. The van der Waals surface area contributed by atoms with Crippen molar-refractivity contribution in [2.75, 3.05) is 0 Å². The largest absolute Gasteiger partial charge is 0.339 e. The third kappa shape index (κ3) is 1.56. The van der Waals surface area contributed by atoms with Crippen LogP contribution in [0, 0.1) is 10.1 Å². The Morgan fingerprint density at radius 1 is 1.60 bits per heavy atom. The molecule has 0 spiro atoms. The second-order valence-corrected chi connectivity index (χ2v) is 4.72. The molecule has 0 N–H and O–H groups in total. The molecule has 0 aromatic carbocycles. The lowest BCUT2D eigenvalue weighted by molar-refractivity contribution is -0.380. The highest BCUT2D eigenvalue weighted by molar-refractivity contribution is 9.11. The van der Waals surface area contributed by atoms with Crippen molar-refractivity contribution in [3.63, 3.8) is 0 Å². The zero-order chi connectivity index (χ0) is 7.72. The van der Waals surface area contributed by atoms with Crippen molar-refractivity contribution in [3.8, 4) is 0 Å².